The zero-order valence-electron chi connectivity index (χ0n) is 18.2. The number of aromatic nitrogens is 1. The zero-order chi connectivity index (χ0) is 20.6. The first-order valence-electron chi connectivity index (χ1n) is 10.5. The summed E-state index contributed by atoms with van der Waals surface area (Å²) < 4.78 is 0. The van der Waals surface area contributed by atoms with Gasteiger partial charge in [0.05, 0.1) is 0 Å². The zero-order valence-corrected chi connectivity index (χ0v) is 18.2. The van der Waals surface area contributed by atoms with E-state index in [0.717, 1.165) is 44.5 Å². The first-order chi connectivity index (χ1) is 14.1. The molecule has 2 aromatic rings. The maximum atomic E-state index is 4.66. The first-order valence-corrected chi connectivity index (χ1v) is 10.5. The summed E-state index contributed by atoms with van der Waals surface area (Å²) in [7, 11) is 3.99. The predicted octanol–water partition coefficient (Wildman–Crippen LogP) is 2.61. The number of guanidine groups is 1. The second kappa shape index (κ2) is 10.3. The van der Waals surface area contributed by atoms with Gasteiger partial charge in [-0.15, -0.1) is 0 Å². The molecule has 1 unspecified atom stereocenters. The molecule has 6 heteroatoms. The Morgan fingerprint density at radius 1 is 1.14 bits per heavy atom. The third kappa shape index (κ3) is 5.94. The summed E-state index contributed by atoms with van der Waals surface area (Å²) in [6.45, 7) is 10.1. The fraction of sp³-hybridized carbons (Fsp3) is 0.478. The van der Waals surface area contributed by atoms with Crippen LogP contribution in [0.25, 0.3) is 0 Å². The first kappa shape index (κ1) is 21.1. The van der Waals surface area contributed by atoms with Crippen molar-refractivity contribution in [2.45, 2.75) is 26.3 Å². The van der Waals surface area contributed by atoms with Crippen LogP contribution in [-0.4, -0.2) is 62.7 Å². The van der Waals surface area contributed by atoms with Gasteiger partial charge in [0.2, 0.25) is 0 Å². The van der Waals surface area contributed by atoms with E-state index < -0.39 is 0 Å². The molecule has 1 aromatic carbocycles. The number of likely N-dealkylation sites (N-methyl/N-ethyl adjacent to an activating group) is 1. The molecule has 1 saturated heterocycles. The molecule has 1 fully saturated rings. The van der Waals surface area contributed by atoms with Gasteiger partial charge in [0, 0.05) is 58.1 Å². The molecular formula is C23H34N6. The number of benzene rings is 1. The molecule has 1 atom stereocenters. The van der Waals surface area contributed by atoms with Gasteiger partial charge in [0.1, 0.15) is 5.82 Å². The summed E-state index contributed by atoms with van der Waals surface area (Å²) in [6, 6.07) is 12.9. The molecule has 1 aromatic heterocycles. The number of rotatable bonds is 6. The lowest BCUT2D eigenvalue weighted by Gasteiger charge is -2.34. The van der Waals surface area contributed by atoms with Gasteiger partial charge in [-0.05, 0) is 31.5 Å². The van der Waals surface area contributed by atoms with Gasteiger partial charge < -0.3 is 20.4 Å². The number of anilines is 1. The van der Waals surface area contributed by atoms with Crippen molar-refractivity contribution in [1.29, 1.82) is 0 Å². The van der Waals surface area contributed by atoms with Crippen molar-refractivity contribution in [3.05, 3.63) is 59.3 Å². The molecule has 1 aliphatic heterocycles. The Hall–Kier alpha value is -2.60. The normalized spacial score (nSPS) is 16.6. The molecule has 29 heavy (non-hydrogen) atoms. The average Bonchev–Trinajstić information content (AvgIpc) is 2.74. The van der Waals surface area contributed by atoms with E-state index in [1.807, 2.05) is 19.3 Å². The maximum Gasteiger partial charge on any atom is 0.191 e. The molecule has 6 nitrogen and oxygen atoms in total. The van der Waals surface area contributed by atoms with Crippen LogP contribution in [0.15, 0.2) is 47.6 Å². The quantitative estimate of drug-likeness (QED) is 0.583. The maximum absolute atomic E-state index is 4.66. The Bertz CT molecular complexity index is 811. The number of nitrogens with one attached hydrogen (secondary N) is 2. The number of aliphatic imine (C=N–C) groups is 1. The number of piperazine rings is 1. The highest BCUT2D eigenvalue weighted by atomic mass is 15.3. The van der Waals surface area contributed by atoms with Crippen molar-refractivity contribution in [1.82, 2.24) is 20.5 Å². The van der Waals surface area contributed by atoms with Crippen LogP contribution in [0, 0.1) is 6.92 Å². The predicted molar refractivity (Wildman–Crippen MR) is 122 cm³/mol. The van der Waals surface area contributed by atoms with Crippen molar-refractivity contribution in [3.8, 4) is 0 Å². The molecule has 0 spiro atoms. The fourth-order valence-corrected chi connectivity index (χ4v) is 3.62. The van der Waals surface area contributed by atoms with Crippen LogP contribution < -0.4 is 15.5 Å². The standard InChI is InChI=1S/C23H34N6/c1-18-7-5-8-20(15-18)19(2)16-26-23(24-3)27-17-21-9-6-10-25-22(21)29-13-11-28(4)12-14-29/h5-10,15,19H,11-14,16-17H2,1-4H3,(H2,24,26,27). The highest BCUT2D eigenvalue weighted by Gasteiger charge is 2.18. The summed E-state index contributed by atoms with van der Waals surface area (Å²) in [6.07, 6.45) is 1.88. The number of nitrogens with zero attached hydrogens (tertiary/aromatic N) is 4. The Morgan fingerprint density at radius 3 is 2.66 bits per heavy atom. The Morgan fingerprint density at radius 2 is 1.93 bits per heavy atom. The number of aryl methyl sites for hydroxylation is 1. The van der Waals surface area contributed by atoms with Gasteiger partial charge in [-0.2, -0.15) is 0 Å². The number of hydrogen-bond donors (Lipinski definition) is 2. The molecule has 1 aliphatic rings. The molecule has 0 amide bonds. The highest BCUT2D eigenvalue weighted by molar-refractivity contribution is 5.79. The van der Waals surface area contributed by atoms with Crippen molar-refractivity contribution in [2.75, 3.05) is 51.7 Å². The molecular weight excluding hydrogens is 360 g/mol. The SMILES string of the molecule is CN=C(NCc1cccnc1N1CCN(C)CC1)NCC(C)c1cccc(C)c1. The summed E-state index contributed by atoms with van der Waals surface area (Å²) >= 11 is 0. The van der Waals surface area contributed by atoms with E-state index in [-0.39, 0.29) is 0 Å². The summed E-state index contributed by atoms with van der Waals surface area (Å²) in [5.74, 6) is 2.31. The van der Waals surface area contributed by atoms with Crippen LogP contribution in [0.4, 0.5) is 5.82 Å². The van der Waals surface area contributed by atoms with Gasteiger partial charge in [0.25, 0.3) is 0 Å². The van der Waals surface area contributed by atoms with Crippen LogP contribution in [-0.2, 0) is 6.54 Å². The van der Waals surface area contributed by atoms with E-state index in [0.29, 0.717) is 12.5 Å². The summed E-state index contributed by atoms with van der Waals surface area (Å²) in [5.41, 5.74) is 3.84. The fourth-order valence-electron chi connectivity index (χ4n) is 3.62. The largest absolute Gasteiger partial charge is 0.356 e. The number of pyridine rings is 1. The lowest BCUT2D eigenvalue weighted by molar-refractivity contribution is 0.312. The lowest BCUT2D eigenvalue weighted by atomic mass is 9.99. The minimum Gasteiger partial charge on any atom is -0.356 e. The Balaban J connectivity index is 1.56. The van der Waals surface area contributed by atoms with Crippen LogP contribution in [0.2, 0.25) is 0 Å². The van der Waals surface area contributed by atoms with E-state index in [2.05, 4.69) is 81.6 Å². The average molecular weight is 395 g/mol. The molecule has 3 rings (SSSR count). The van der Waals surface area contributed by atoms with E-state index >= 15 is 0 Å². The van der Waals surface area contributed by atoms with Gasteiger partial charge >= 0.3 is 0 Å². The van der Waals surface area contributed by atoms with E-state index in [9.17, 15) is 0 Å². The van der Waals surface area contributed by atoms with Crippen molar-refractivity contribution in [2.24, 2.45) is 4.99 Å². The Labute approximate surface area is 175 Å². The molecule has 2 N–H and O–H groups in total. The Kier molecular flexibility index (Phi) is 7.47. The smallest absolute Gasteiger partial charge is 0.191 e. The van der Waals surface area contributed by atoms with Crippen LogP contribution in [0.3, 0.4) is 0 Å². The van der Waals surface area contributed by atoms with Crippen LogP contribution in [0.1, 0.15) is 29.5 Å². The van der Waals surface area contributed by atoms with E-state index in [1.54, 1.807) is 0 Å². The minimum atomic E-state index is 0.410. The topological polar surface area (TPSA) is 55.8 Å². The van der Waals surface area contributed by atoms with Crippen molar-refractivity contribution < 1.29 is 0 Å². The summed E-state index contributed by atoms with van der Waals surface area (Å²) in [4.78, 5) is 13.8. The van der Waals surface area contributed by atoms with Crippen molar-refractivity contribution >= 4 is 11.8 Å². The van der Waals surface area contributed by atoms with Crippen LogP contribution in [0.5, 0.6) is 0 Å². The molecule has 0 bridgehead atoms. The van der Waals surface area contributed by atoms with Crippen molar-refractivity contribution in [3.63, 3.8) is 0 Å². The monoisotopic (exact) mass is 394 g/mol. The minimum absolute atomic E-state index is 0.410. The van der Waals surface area contributed by atoms with Gasteiger partial charge in [-0.1, -0.05) is 42.8 Å². The molecule has 156 valence electrons. The molecule has 2 heterocycles. The molecule has 0 aliphatic carbocycles. The third-order valence-corrected chi connectivity index (χ3v) is 5.53. The molecule has 0 saturated carbocycles. The van der Waals surface area contributed by atoms with E-state index in [1.165, 1.54) is 16.7 Å². The lowest BCUT2D eigenvalue weighted by Crippen LogP contribution is -2.45. The number of hydrogen-bond acceptors (Lipinski definition) is 4. The van der Waals surface area contributed by atoms with Crippen LogP contribution >= 0.6 is 0 Å². The molecule has 0 radical (unpaired) electrons. The van der Waals surface area contributed by atoms with Gasteiger partial charge in [-0.25, -0.2) is 4.98 Å². The third-order valence-electron chi connectivity index (χ3n) is 5.53. The van der Waals surface area contributed by atoms with Gasteiger partial charge in [0.15, 0.2) is 5.96 Å². The second-order valence-corrected chi connectivity index (χ2v) is 7.90. The van der Waals surface area contributed by atoms with Gasteiger partial charge in [-0.3, -0.25) is 4.99 Å². The highest BCUT2D eigenvalue weighted by Crippen LogP contribution is 2.19. The van der Waals surface area contributed by atoms with E-state index in [4.69, 9.17) is 0 Å². The summed E-state index contributed by atoms with van der Waals surface area (Å²) in [5, 5.41) is 6.91. The second-order valence-electron chi connectivity index (χ2n) is 7.90.